The number of carbonyl (C=O) groups excluding carboxylic acids is 1. The number of unbranched alkanes of at least 4 members (excludes halogenated alkanes) is 9. The highest BCUT2D eigenvalue weighted by Gasteiger charge is 2.50. The van der Waals surface area contributed by atoms with Crippen LogP contribution in [0.2, 0.25) is 0 Å². The van der Waals surface area contributed by atoms with Crippen LogP contribution in [0.25, 0.3) is 0 Å². The SMILES string of the molecule is CCCCCCC(CCCCCC)(CCCCCC)C(=O)OC(CC(=O)O)(CC(=O)O)C(=O)O. The second-order valence-electron chi connectivity index (χ2n) is 9.54. The highest BCUT2D eigenvalue weighted by molar-refractivity contribution is 5.91. The molecule has 0 unspecified atom stereocenters. The smallest absolute Gasteiger partial charge is 0.349 e. The minimum atomic E-state index is -2.63. The van der Waals surface area contributed by atoms with Crippen molar-refractivity contribution in [1.82, 2.24) is 0 Å². The fourth-order valence-electron chi connectivity index (χ4n) is 4.46. The van der Waals surface area contributed by atoms with E-state index in [-0.39, 0.29) is 0 Å². The van der Waals surface area contributed by atoms with Gasteiger partial charge >= 0.3 is 23.9 Å². The first-order valence-corrected chi connectivity index (χ1v) is 13.0. The minimum Gasteiger partial charge on any atom is -0.481 e. The van der Waals surface area contributed by atoms with Gasteiger partial charge in [-0.25, -0.2) is 4.79 Å². The van der Waals surface area contributed by atoms with Gasteiger partial charge in [0, 0.05) is 0 Å². The second kappa shape index (κ2) is 17.3. The van der Waals surface area contributed by atoms with Gasteiger partial charge in [0.2, 0.25) is 5.60 Å². The van der Waals surface area contributed by atoms with Crippen LogP contribution in [0.4, 0.5) is 0 Å². The summed E-state index contributed by atoms with van der Waals surface area (Å²) < 4.78 is 5.46. The average Bonchev–Trinajstić information content (AvgIpc) is 2.75. The van der Waals surface area contributed by atoms with Crippen molar-refractivity contribution in [3.8, 4) is 0 Å². The molecular weight excluding hydrogens is 440 g/mol. The van der Waals surface area contributed by atoms with Gasteiger partial charge in [0.25, 0.3) is 0 Å². The Balaban J connectivity index is 6.07. The molecule has 0 radical (unpaired) electrons. The molecule has 0 aliphatic rings. The number of carboxylic acid groups (broad SMARTS) is 3. The Bertz CT molecular complexity index is 581. The number of hydrogen-bond acceptors (Lipinski definition) is 5. The van der Waals surface area contributed by atoms with Gasteiger partial charge in [-0.05, 0) is 19.3 Å². The molecule has 0 aliphatic heterocycles. The number of carboxylic acids is 3. The van der Waals surface area contributed by atoms with E-state index in [4.69, 9.17) is 4.74 Å². The molecule has 0 atom stereocenters. The Labute approximate surface area is 204 Å². The maximum Gasteiger partial charge on any atom is 0.349 e. The van der Waals surface area contributed by atoms with Gasteiger partial charge < -0.3 is 20.1 Å². The molecule has 0 fully saturated rings. The second-order valence-corrected chi connectivity index (χ2v) is 9.54. The van der Waals surface area contributed by atoms with E-state index in [2.05, 4.69) is 20.8 Å². The molecule has 0 aliphatic carbocycles. The number of carbonyl (C=O) groups is 4. The molecule has 8 nitrogen and oxygen atoms in total. The van der Waals surface area contributed by atoms with Gasteiger partial charge in [-0.2, -0.15) is 0 Å². The summed E-state index contributed by atoms with van der Waals surface area (Å²) in [5.74, 6) is -5.57. The lowest BCUT2D eigenvalue weighted by molar-refractivity contribution is -0.193. The largest absolute Gasteiger partial charge is 0.481 e. The molecule has 0 aromatic carbocycles. The summed E-state index contributed by atoms with van der Waals surface area (Å²) in [5.41, 5.74) is -3.57. The molecule has 34 heavy (non-hydrogen) atoms. The van der Waals surface area contributed by atoms with Crippen molar-refractivity contribution in [2.45, 2.75) is 136 Å². The predicted octanol–water partition coefficient (Wildman–Crippen LogP) is 6.20. The van der Waals surface area contributed by atoms with E-state index in [9.17, 15) is 34.5 Å². The molecule has 0 aromatic rings. The minimum absolute atomic E-state index is 0.528. The third-order valence-corrected chi connectivity index (χ3v) is 6.51. The standard InChI is InChI=1S/C26H46O8/c1-4-7-10-13-16-25(17-14-11-8-5-2,18-15-12-9-6-3)24(33)34-26(23(31)32,19-21(27)28)20-22(29)30/h4-20H2,1-3H3,(H,27,28)(H,29,30)(H,31,32). The molecule has 0 saturated carbocycles. The van der Waals surface area contributed by atoms with Crippen molar-refractivity contribution in [2.75, 3.05) is 0 Å². The first-order valence-electron chi connectivity index (χ1n) is 13.0. The number of rotatable bonds is 22. The summed E-state index contributed by atoms with van der Waals surface area (Å²) >= 11 is 0. The Kier molecular flexibility index (Phi) is 16.3. The monoisotopic (exact) mass is 486 g/mol. The highest BCUT2D eigenvalue weighted by Crippen LogP contribution is 2.41. The molecular formula is C26H46O8. The van der Waals surface area contributed by atoms with Crippen molar-refractivity contribution in [1.29, 1.82) is 0 Å². The van der Waals surface area contributed by atoms with Gasteiger partial charge in [-0.3, -0.25) is 14.4 Å². The summed E-state index contributed by atoms with van der Waals surface area (Å²) in [6.45, 7) is 6.28. The summed E-state index contributed by atoms with van der Waals surface area (Å²) in [6.07, 6.45) is 10.7. The fourth-order valence-corrected chi connectivity index (χ4v) is 4.46. The van der Waals surface area contributed by atoms with Crippen molar-refractivity contribution in [3.05, 3.63) is 0 Å². The normalized spacial score (nSPS) is 11.9. The lowest BCUT2D eigenvalue weighted by Crippen LogP contribution is -2.50. The summed E-state index contributed by atoms with van der Waals surface area (Å²) in [7, 11) is 0. The van der Waals surface area contributed by atoms with E-state index < -0.39 is 47.7 Å². The van der Waals surface area contributed by atoms with Crippen LogP contribution in [0, 0.1) is 5.41 Å². The van der Waals surface area contributed by atoms with Gasteiger partial charge in [-0.15, -0.1) is 0 Å². The Morgan fingerprint density at radius 3 is 1.21 bits per heavy atom. The van der Waals surface area contributed by atoms with Crippen molar-refractivity contribution < 1.29 is 39.2 Å². The zero-order valence-electron chi connectivity index (χ0n) is 21.4. The van der Waals surface area contributed by atoms with Crippen molar-refractivity contribution >= 4 is 23.9 Å². The van der Waals surface area contributed by atoms with Gasteiger partial charge in [0.1, 0.15) is 0 Å². The topological polar surface area (TPSA) is 138 Å². The van der Waals surface area contributed by atoms with E-state index in [1.165, 1.54) is 0 Å². The molecule has 0 amide bonds. The fraction of sp³-hybridized carbons (Fsp3) is 0.846. The Hall–Kier alpha value is -2.12. The quantitative estimate of drug-likeness (QED) is 0.121. The van der Waals surface area contributed by atoms with Crippen LogP contribution in [0.5, 0.6) is 0 Å². The van der Waals surface area contributed by atoms with Gasteiger partial charge in [-0.1, -0.05) is 97.8 Å². The van der Waals surface area contributed by atoms with Crippen LogP contribution < -0.4 is 0 Å². The first kappa shape index (κ1) is 31.9. The third kappa shape index (κ3) is 11.8. The van der Waals surface area contributed by atoms with E-state index >= 15 is 0 Å². The van der Waals surface area contributed by atoms with E-state index in [0.29, 0.717) is 19.3 Å². The summed E-state index contributed by atoms with van der Waals surface area (Å²) in [5, 5.41) is 28.3. The van der Waals surface area contributed by atoms with Crippen LogP contribution in [0.3, 0.4) is 0 Å². The lowest BCUT2D eigenvalue weighted by Gasteiger charge is -2.36. The average molecular weight is 487 g/mol. The first-order chi connectivity index (χ1) is 16.1. The molecule has 0 spiro atoms. The van der Waals surface area contributed by atoms with Gasteiger partial charge in [0.15, 0.2) is 0 Å². The maximum atomic E-state index is 13.7. The number of aliphatic carboxylic acids is 3. The molecule has 0 saturated heterocycles. The molecule has 0 rings (SSSR count). The molecule has 0 bridgehead atoms. The molecule has 8 heteroatoms. The molecule has 198 valence electrons. The highest BCUT2D eigenvalue weighted by atomic mass is 16.6. The summed E-state index contributed by atoms with van der Waals surface area (Å²) in [4.78, 5) is 48.5. The van der Waals surface area contributed by atoms with Crippen molar-refractivity contribution in [2.24, 2.45) is 5.41 Å². The molecule has 3 N–H and O–H groups in total. The number of esters is 1. The van der Waals surface area contributed by atoms with E-state index in [0.717, 1.165) is 77.0 Å². The molecule has 0 aromatic heterocycles. The van der Waals surface area contributed by atoms with Crippen LogP contribution >= 0.6 is 0 Å². The van der Waals surface area contributed by atoms with Crippen LogP contribution in [-0.2, 0) is 23.9 Å². The van der Waals surface area contributed by atoms with Crippen LogP contribution in [-0.4, -0.2) is 44.8 Å². The molecule has 0 heterocycles. The zero-order chi connectivity index (χ0) is 26.0. The van der Waals surface area contributed by atoms with Crippen molar-refractivity contribution in [3.63, 3.8) is 0 Å². The zero-order valence-corrected chi connectivity index (χ0v) is 21.4. The predicted molar refractivity (Wildman–Crippen MR) is 130 cm³/mol. The van der Waals surface area contributed by atoms with E-state index in [1.54, 1.807) is 0 Å². The van der Waals surface area contributed by atoms with E-state index in [1.807, 2.05) is 0 Å². The number of hydrogen-bond donors (Lipinski definition) is 3. The summed E-state index contributed by atoms with van der Waals surface area (Å²) in [6, 6.07) is 0. The van der Waals surface area contributed by atoms with Gasteiger partial charge in [0.05, 0.1) is 18.3 Å². The lowest BCUT2D eigenvalue weighted by atomic mass is 9.73. The maximum absolute atomic E-state index is 13.7. The third-order valence-electron chi connectivity index (χ3n) is 6.51. The Morgan fingerprint density at radius 2 is 0.941 bits per heavy atom. The number of ether oxygens (including phenoxy) is 1. The Morgan fingerprint density at radius 1 is 0.588 bits per heavy atom. The van der Waals surface area contributed by atoms with Crippen LogP contribution in [0.1, 0.15) is 130 Å². The van der Waals surface area contributed by atoms with Crippen LogP contribution in [0.15, 0.2) is 0 Å².